The summed E-state index contributed by atoms with van der Waals surface area (Å²) in [6, 6.07) is 6.65. The van der Waals surface area contributed by atoms with E-state index in [-0.39, 0.29) is 11.7 Å². The van der Waals surface area contributed by atoms with Gasteiger partial charge in [0.05, 0.1) is 17.0 Å². The largest absolute Gasteiger partial charge is 0.348 e. The maximum Gasteiger partial charge on any atom is 0.253 e. The second-order valence-corrected chi connectivity index (χ2v) is 7.31. The Morgan fingerprint density at radius 1 is 1.30 bits per heavy atom. The van der Waals surface area contributed by atoms with Crippen molar-refractivity contribution in [3.63, 3.8) is 0 Å². The summed E-state index contributed by atoms with van der Waals surface area (Å²) in [4.78, 5) is 12.4. The van der Waals surface area contributed by atoms with Crippen LogP contribution >= 0.6 is 0 Å². The monoisotopic (exact) mass is 337 g/mol. The smallest absolute Gasteiger partial charge is 0.253 e. The molecule has 23 heavy (non-hydrogen) atoms. The van der Waals surface area contributed by atoms with Gasteiger partial charge < -0.3 is 10.6 Å². The minimum atomic E-state index is -3.43. The molecule has 126 valence electrons. The van der Waals surface area contributed by atoms with Gasteiger partial charge in [0.1, 0.15) is 0 Å². The molecule has 1 aromatic carbocycles. The summed E-state index contributed by atoms with van der Waals surface area (Å²) in [6.07, 6.45) is 3.50. The van der Waals surface area contributed by atoms with Gasteiger partial charge in [-0.1, -0.05) is 30.7 Å². The lowest BCUT2D eigenvalue weighted by molar-refractivity contribution is 0.0957. The summed E-state index contributed by atoms with van der Waals surface area (Å²) in [5.74, 6) is -0.248. The summed E-state index contributed by atoms with van der Waals surface area (Å²) < 4.78 is 26.3. The summed E-state index contributed by atoms with van der Waals surface area (Å²) in [5, 5.41) is 6.07. The number of carbonyl (C=O) groups is 1. The minimum absolute atomic E-state index is 0.0306. The minimum Gasteiger partial charge on any atom is -0.348 e. The van der Waals surface area contributed by atoms with Crippen LogP contribution in [0.3, 0.4) is 0 Å². The Bertz CT molecular complexity index is 684. The molecule has 1 aliphatic rings. The fourth-order valence-corrected chi connectivity index (χ4v) is 3.53. The molecule has 1 heterocycles. The fourth-order valence-electron chi connectivity index (χ4n) is 2.38. The van der Waals surface area contributed by atoms with E-state index < -0.39 is 10.0 Å². The number of benzene rings is 1. The molecule has 3 N–H and O–H groups in total. The summed E-state index contributed by atoms with van der Waals surface area (Å²) in [6.45, 7) is 4.01. The van der Waals surface area contributed by atoms with Gasteiger partial charge in [-0.05, 0) is 31.5 Å². The first-order chi connectivity index (χ1) is 11.0. The van der Waals surface area contributed by atoms with Crippen LogP contribution in [0.4, 0.5) is 5.69 Å². The highest BCUT2D eigenvalue weighted by atomic mass is 32.2. The predicted molar refractivity (Wildman–Crippen MR) is 92.0 cm³/mol. The van der Waals surface area contributed by atoms with Crippen molar-refractivity contribution in [3.8, 4) is 0 Å². The molecule has 0 radical (unpaired) electrons. The molecule has 0 atom stereocenters. The van der Waals surface area contributed by atoms with Crippen molar-refractivity contribution in [1.29, 1.82) is 0 Å². The van der Waals surface area contributed by atoms with Gasteiger partial charge in [-0.2, -0.15) is 0 Å². The molecular formula is C16H23N3O3S. The van der Waals surface area contributed by atoms with Crippen LogP contribution in [0.2, 0.25) is 0 Å². The van der Waals surface area contributed by atoms with Crippen LogP contribution < -0.4 is 15.4 Å². The van der Waals surface area contributed by atoms with Gasteiger partial charge >= 0.3 is 0 Å². The maximum absolute atomic E-state index is 12.4. The van der Waals surface area contributed by atoms with Crippen molar-refractivity contribution in [2.45, 2.75) is 19.8 Å². The molecule has 2 rings (SSSR count). The van der Waals surface area contributed by atoms with Crippen LogP contribution in [0.1, 0.15) is 30.1 Å². The van der Waals surface area contributed by atoms with Crippen LogP contribution in [0.25, 0.3) is 0 Å². The Morgan fingerprint density at radius 3 is 2.78 bits per heavy atom. The summed E-state index contributed by atoms with van der Waals surface area (Å²) in [7, 11) is -3.43. The van der Waals surface area contributed by atoms with Gasteiger partial charge in [0.2, 0.25) is 10.0 Å². The van der Waals surface area contributed by atoms with E-state index >= 15 is 0 Å². The third-order valence-electron chi connectivity index (χ3n) is 3.54. The van der Waals surface area contributed by atoms with Crippen molar-refractivity contribution in [1.82, 2.24) is 10.6 Å². The number of hydrogen-bond donors (Lipinski definition) is 3. The summed E-state index contributed by atoms with van der Waals surface area (Å²) >= 11 is 0. The van der Waals surface area contributed by atoms with E-state index in [1.165, 1.54) is 5.57 Å². The SMILES string of the molecule is CCCS(=O)(=O)Nc1ccccc1C(=O)NCC1=CCNCC1. The lowest BCUT2D eigenvalue weighted by atomic mass is 10.1. The Balaban J connectivity index is 2.06. The molecule has 1 amide bonds. The number of hydrogen-bond acceptors (Lipinski definition) is 4. The number of carbonyl (C=O) groups excluding carboxylic acids is 1. The topological polar surface area (TPSA) is 87.3 Å². The van der Waals surface area contributed by atoms with Crippen LogP contribution in [-0.4, -0.2) is 39.7 Å². The molecule has 6 nitrogen and oxygen atoms in total. The molecule has 1 aromatic rings. The fraction of sp³-hybridized carbons (Fsp3) is 0.438. The average Bonchev–Trinajstić information content (AvgIpc) is 2.53. The Morgan fingerprint density at radius 2 is 2.09 bits per heavy atom. The average molecular weight is 337 g/mol. The molecule has 1 aliphatic heterocycles. The van der Waals surface area contributed by atoms with Crippen molar-refractivity contribution in [2.24, 2.45) is 0 Å². The highest BCUT2D eigenvalue weighted by Crippen LogP contribution is 2.17. The van der Waals surface area contributed by atoms with Crippen molar-refractivity contribution >= 4 is 21.6 Å². The second kappa shape index (κ2) is 8.12. The normalized spacial score (nSPS) is 14.9. The number of nitrogens with one attached hydrogen (secondary N) is 3. The number of anilines is 1. The van der Waals surface area contributed by atoms with Gasteiger partial charge in [0, 0.05) is 13.1 Å². The third kappa shape index (κ3) is 5.37. The quantitative estimate of drug-likeness (QED) is 0.658. The van der Waals surface area contributed by atoms with Crippen LogP contribution in [-0.2, 0) is 10.0 Å². The molecule has 7 heteroatoms. The Hall–Kier alpha value is -1.86. The van der Waals surface area contributed by atoms with E-state index in [9.17, 15) is 13.2 Å². The third-order valence-corrected chi connectivity index (χ3v) is 5.02. The zero-order chi connectivity index (χ0) is 16.7. The number of rotatable bonds is 7. The molecule has 0 aromatic heterocycles. The number of sulfonamides is 1. The van der Waals surface area contributed by atoms with Gasteiger partial charge in [-0.25, -0.2) is 8.42 Å². The molecule has 0 fully saturated rings. The molecule has 0 aliphatic carbocycles. The first kappa shape index (κ1) is 17.5. The maximum atomic E-state index is 12.4. The Kier molecular flexibility index (Phi) is 6.18. The van der Waals surface area contributed by atoms with E-state index in [0.29, 0.717) is 24.2 Å². The van der Waals surface area contributed by atoms with E-state index in [2.05, 4.69) is 21.4 Å². The molecule has 0 saturated carbocycles. The van der Waals surface area contributed by atoms with Crippen LogP contribution in [0.5, 0.6) is 0 Å². The van der Waals surface area contributed by atoms with E-state index in [1.807, 2.05) is 0 Å². The van der Waals surface area contributed by atoms with Gasteiger partial charge in [-0.15, -0.1) is 0 Å². The highest BCUT2D eigenvalue weighted by Gasteiger charge is 2.16. The Labute approximate surface area is 137 Å². The van der Waals surface area contributed by atoms with Crippen LogP contribution in [0.15, 0.2) is 35.9 Å². The lowest BCUT2D eigenvalue weighted by Gasteiger charge is -2.16. The van der Waals surface area contributed by atoms with E-state index in [0.717, 1.165) is 19.5 Å². The predicted octanol–water partition coefficient (Wildman–Crippen LogP) is 1.49. The van der Waals surface area contributed by atoms with Crippen molar-refractivity contribution < 1.29 is 13.2 Å². The zero-order valence-corrected chi connectivity index (χ0v) is 14.1. The number of amides is 1. The molecule has 0 spiro atoms. The van der Waals surface area contributed by atoms with E-state index in [1.54, 1.807) is 31.2 Å². The van der Waals surface area contributed by atoms with Crippen LogP contribution in [0, 0.1) is 0 Å². The lowest BCUT2D eigenvalue weighted by Crippen LogP contribution is -2.30. The highest BCUT2D eigenvalue weighted by molar-refractivity contribution is 7.92. The van der Waals surface area contributed by atoms with Crippen molar-refractivity contribution in [3.05, 3.63) is 41.5 Å². The van der Waals surface area contributed by atoms with Crippen molar-refractivity contribution in [2.75, 3.05) is 30.1 Å². The number of para-hydroxylation sites is 1. The second-order valence-electron chi connectivity index (χ2n) is 5.47. The first-order valence-corrected chi connectivity index (χ1v) is 9.43. The van der Waals surface area contributed by atoms with E-state index in [4.69, 9.17) is 0 Å². The molecule has 0 saturated heterocycles. The van der Waals surface area contributed by atoms with Gasteiger partial charge in [-0.3, -0.25) is 9.52 Å². The van der Waals surface area contributed by atoms with Gasteiger partial charge in [0.15, 0.2) is 0 Å². The zero-order valence-electron chi connectivity index (χ0n) is 13.3. The summed E-state index contributed by atoms with van der Waals surface area (Å²) in [5.41, 5.74) is 1.83. The molecular weight excluding hydrogens is 314 g/mol. The van der Waals surface area contributed by atoms with Gasteiger partial charge in [0.25, 0.3) is 5.91 Å². The standard InChI is InChI=1S/C16H23N3O3S/c1-2-11-23(21,22)19-15-6-4-3-5-14(15)16(20)18-12-13-7-9-17-10-8-13/h3-7,17,19H,2,8-12H2,1H3,(H,18,20). The molecule has 0 unspecified atom stereocenters. The molecule has 0 bridgehead atoms. The first-order valence-electron chi connectivity index (χ1n) is 7.78.